The molecule has 0 aliphatic carbocycles. The van der Waals surface area contributed by atoms with E-state index < -0.39 is 5.69 Å². The summed E-state index contributed by atoms with van der Waals surface area (Å²) >= 11 is 5.99. The van der Waals surface area contributed by atoms with Gasteiger partial charge in [0.1, 0.15) is 5.82 Å². The van der Waals surface area contributed by atoms with E-state index in [1.807, 2.05) is 28.8 Å². The molecular formula is C20H25ClN4O3. The van der Waals surface area contributed by atoms with Gasteiger partial charge in [0.25, 0.3) is 5.56 Å². The highest BCUT2D eigenvalue weighted by Crippen LogP contribution is 2.23. The first-order valence-corrected chi connectivity index (χ1v) is 9.82. The van der Waals surface area contributed by atoms with Crippen LogP contribution in [0.25, 0.3) is 11.2 Å². The second-order valence-corrected chi connectivity index (χ2v) is 7.48. The van der Waals surface area contributed by atoms with E-state index in [-0.39, 0.29) is 24.6 Å². The second-order valence-electron chi connectivity index (χ2n) is 7.04. The maximum atomic E-state index is 13.2. The van der Waals surface area contributed by atoms with Crippen LogP contribution in [0.1, 0.15) is 44.0 Å². The third-order valence-corrected chi connectivity index (χ3v) is 5.36. The van der Waals surface area contributed by atoms with E-state index in [4.69, 9.17) is 16.7 Å². The first kappa shape index (κ1) is 20.4. The Balaban J connectivity index is 2.28. The molecule has 2 heterocycles. The molecule has 0 amide bonds. The van der Waals surface area contributed by atoms with Crippen molar-refractivity contribution in [2.75, 3.05) is 6.61 Å². The SMILES string of the molecule is CCC(C)c1nc2c(c(=O)n(CCCO)c(=O)n2C)n1Cc1ccc(Cl)cc1. The van der Waals surface area contributed by atoms with Crippen molar-refractivity contribution in [3.8, 4) is 0 Å². The third kappa shape index (κ3) is 3.64. The van der Waals surface area contributed by atoms with Gasteiger partial charge in [-0.25, -0.2) is 9.78 Å². The number of fused-ring (bicyclic) bond motifs is 1. The number of hydrogen-bond acceptors (Lipinski definition) is 4. The Morgan fingerprint density at radius 2 is 1.86 bits per heavy atom. The molecule has 3 aromatic rings. The van der Waals surface area contributed by atoms with Crippen molar-refractivity contribution in [2.24, 2.45) is 7.05 Å². The number of benzene rings is 1. The van der Waals surface area contributed by atoms with Crippen LogP contribution in [0.4, 0.5) is 0 Å². The van der Waals surface area contributed by atoms with Gasteiger partial charge < -0.3 is 9.67 Å². The average Bonchev–Trinajstić information content (AvgIpc) is 3.07. The number of hydrogen-bond donors (Lipinski definition) is 1. The number of aryl methyl sites for hydroxylation is 1. The highest BCUT2D eigenvalue weighted by Gasteiger charge is 2.22. The first-order chi connectivity index (χ1) is 13.4. The smallest absolute Gasteiger partial charge is 0.332 e. The van der Waals surface area contributed by atoms with Crippen LogP contribution in [0.3, 0.4) is 0 Å². The highest BCUT2D eigenvalue weighted by molar-refractivity contribution is 6.30. The number of halogens is 1. The Kier molecular flexibility index (Phi) is 6.05. The molecule has 1 unspecified atom stereocenters. The Morgan fingerprint density at radius 1 is 1.18 bits per heavy atom. The van der Waals surface area contributed by atoms with Gasteiger partial charge in [0, 0.05) is 37.7 Å². The zero-order chi connectivity index (χ0) is 20.4. The van der Waals surface area contributed by atoms with E-state index in [9.17, 15) is 9.59 Å². The number of aromatic nitrogens is 4. The van der Waals surface area contributed by atoms with E-state index in [2.05, 4.69) is 18.8 Å². The number of aliphatic hydroxyl groups is 1. The lowest BCUT2D eigenvalue weighted by Crippen LogP contribution is -2.40. The summed E-state index contributed by atoms with van der Waals surface area (Å²) in [6.07, 6.45) is 1.20. The molecule has 1 atom stereocenters. The summed E-state index contributed by atoms with van der Waals surface area (Å²) in [4.78, 5) is 30.5. The molecule has 0 radical (unpaired) electrons. The number of imidazole rings is 1. The van der Waals surface area contributed by atoms with Gasteiger partial charge in [0.15, 0.2) is 11.2 Å². The lowest BCUT2D eigenvalue weighted by Gasteiger charge is -2.14. The van der Waals surface area contributed by atoms with Crippen molar-refractivity contribution >= 4 is 22.8 Å². The molecule has 1 N–H and O–H groups in total. The van der Waals surface area contributed by atoms with Crippen molar-refractivity contribution in [3.63, 3.8) is 0 Å². The molecule has 0 aliphatic heterocycles. The minimum absolute atomic E-state index is 0.0875. The monoisotopic (exact) mass is 404 g/mol. The van der Waals surface area contributed by atoms with Gasteiger partial charge in [0.2, 0.25) is 0 Å². The van der Waals surface area contributed by atoms with Gasteiger partial charge >= 0.3 is 5.69 Å². The van der Waals surface area contributed by atoms with Gasteiger partial charge in [0.05, 0.1) is 0 Å². The molecule has 150 valence electrons. The summed E-state index contributed by atoms with van der Waals surface area (Å²) in [7, 11) is 1.62. The van der Waals surface area contributed by atoms with Crippen LogP contribution < -0.4 is 11.2 Å². The molecular weight excluding hydrogens is 380 g/mol. The Bertz CT molecular complexity index is 1100. The molecule has 7 nitrogen and oxygen atoms in total. The van der Waals surface area contributed by atoms with Crippen molar-refractivity contribution in [1.29, 1.82) is 0 Å². The normalized spacial score (nSPS) is 12.6. The van der Waals surface area contributed by atoms with E-state index in [1.165, 1.54) is 9.13 Å². The predicted octanol–water partition coefficient (Wildman–Crippen LogP) is 2.49. The molecule has 0 fully saturated rings. The second kappa shape index (κ2) is 8.32. The fourth-order valence-electron chi connectivity index (χ4n) is 3.31. The Hall–Kier alpha value is -2.38. The minimum Gasteiger partial charge on any atom is -0.396 e. The van der Waals surface area contributed by atoms with Gasteiger partial charge in [-0.05, 0) is 30.5 Å². The Morgan fingerprint density at radius 3 is 2.46 bits per heavy atom. The predicted molar refractivity (Wildman–Crippen MR) is 110 cm³/mol. The van der Waals surface area contributed by atoms with Crippen LogP contribution in [0.5, 0.6) is 0 Å². The topological polar surface area (TPSA) is 82.1 Å². The lowest BCUT2D eigenvalue weighted by molar-refractivity contribution is 0.277. The molecule has 0 saturated carbocycles. The summed E-state index contributed by atoms with van der Waals surface area (Å²) in [6, 6.07) is 7.46. The molecule has 0 aliphatic rings. The van der Waals surface area contributed by atoms with Crippen LogP contribution in [-0.4, -0.2) is 30.4 Å². The summed E-state index contributed by atoms with van der Waals surface area (Å²) in [6.45, 7) is 4.66. The van der Waals surface area contributed by atoms with Crippen LogP contribution in [0, 0.1) is 0 Å². The quantitative estimate of drug-likeness (QED) is 0.655. The summed E-state index contributed by atoms with van der Waals surface area (Å²) in [5, 5.41) is 9.77. The first-order valence-electron chi connectivity index (χ1n) is 9.44. The number of aliphatic hydroxyl groups excluding tert-OH is 1. The molecule has 8 heteroatoms. The lowest BCUT2D eigenvalue weighted by atomic mass is 10.1. The maximum Gasteiger partial charge on any atom is 0.332 e. The Labute approximate surface area is 167 Å². The van der Waals surface area contributed by atoms with Crippen molar-refractivity contribution in [2.45, 2.75) is 45.7 Å². The fourth-order valence-corrected chi connectivity index (χ4v) is 3.43. The summed E-state index contributed by atoms with van der Waals surface area (Å²) < 4.78 is 4.50. The molecule has 3 rings (SSSR count). The standard InChI is InChI=1S/C20H25ClN4O3/c1-4-13(2)17-22-18-16(25(17)12-14-6-8-15(21)9-7-14)19(27)24(10-5-11-26)20(28)23(18)3/h6-9,13,26H,4-5,10-12H2,1-3H3. The van der Waals surface area contributed by atoms with Crippen molar-refractivity contribution in [3.05, 3.63) is 61.5 Å². The van der Waals surface area contributed by atoms with Crippen LogP contribution in [-0.2, 0) is 20.1 Å². The highest BCUT2D eigenvalue weighted by atomic mass is 35.5. The third-order valence-electron chi connectivity index (χ3n) is 5.11. The summed E-state index contributed by atoms with van der Waals surface area (Å²) in [5.74, 6) is 0.902. The largest absolute Gasteiger partial charge is 0.396 e. The van der Waals surface area contributed by atoms with Crippen molar-refractivity contribution in [1.82, 2.24) is 18.7 Å². The maximum absolute atomic E-state index is 13.2. The van der Waals surface area contributed by atoms with E-state index in [0.29, 0.717) is 29.2 Å². The number of nitrogens with zero attached hydrogens (tertiary/aromatic N) is 4. The van der Waals surface area contributed by atoms with E-state index in [0.717, 1.165) is 17.8 Å². The molecule has 0 saturated heterocycles. The average molecular weight is 405 g/mol. The van der Waals surface area contributed by atoms with Crippen LogP contribution in [0.2, 0.25) is 5.02 Å². The molecule has 28 heavy (non-hydrogen) atoms. The van der Waals surface area contributed by atoms with Crippen LogP contribution in [0.15, 0.2) is 33.9 Å². The van der Waals surface area contributed by atoms with Crippen LogP contribution >= 0.6 is 11.6 Å². The molecule has 0 spiro atoms. The zero-order valence-corrected chi connectivity index (χ0v) is 17.1. The van der Waals surface area contributed by atoms with Crippen molar-refractivity contribution < 1.29 is 5.11 Å². The fraction of sp³-hybridized carbons (Fsp3) is 0.450. The van der Waals surface area contributed by atoms with Gasteiger partial charge in [-0.1, -0.05) is 37.6 Å². The molecule has 2 aromatic heterocycles. The zero-order valence-electron chi connectivity index (χ0n) is 16.4. The summed E-state index contributed by atoms with van der Waals surface area (Å²) in [5.41, 5.74) is 0.994. The minimum atomic E-state index is -0.419. The molecule has 1 aromatic carbocycles. The van der Waals surface area contributed by atoms with E-state index in [1.54, 1.807) is 7.05 Å². The molecule has 0 bridgehead atoms. The van der Waals surface area contributed by atoms with Gasteiger partial charge in [-0.3, -0.25) is 13.9 Å². The van der Waals surface area contributed by atoms with Gasteiger partial charge in [-0.15, -0.1) is 0 Å². The van der Waals surface area contributed by atoms with E-state index >= 15 is 0 Å². The number of rotatable bonds is 7. The van der Waals surface area contributed by atoms with Gasteiger partial charge in [-0.2, -0.15) is 0 Å².